The molecule has 0 aliphatic carbocycles. The number of aromatic nitrogens is 2. The summed E-state index contributed by atoms with van der Waals surface area (Å²) in [5.41, 5.74) is 1.28. The molecule has 1 heterocycles. The first kappa shape index (κ1) is 11.0. The smallest absolute Gasteiger partial charge is 0.0491 e. The van der Waals surface area contributed by atoms with E-state index in [9.17, 15) is 0 Å². The Labute approximate surface area is 86.6 Å². The maximum absolute atomic E-state index is 4.23. The van der Waals surface area contributed by atoms with E-state index >= 15 is 0 Å². The minimum atomic E-state index is 0.492. The molecule has 0 spiro atoms. The lowest BCUT2D eigenvalue weighted by Gasteiger charge is -2.15. The summed E-state index contributed by atoms with van der Waals surface area (Å²) in [6.07, 6.45) is 6.21. The molecule has 0 aliphatic rings. The highest BCUT2D eigenvalue weighted by Crippen LogP contribution is 2.19. The normalized spacial score (nSPS) is 15.1. The minimum absolute atomic E-state index is 0.492. The van der Waals surface area contributed by atoms with Crippen LogP contribution in [0.2, 0.25) is 0 Å². The van der Waals surface area contributed by atoms with E-state index in [-0.39, 0.29) is 0 Å². The Morgan fingerprint density at radius 1 is 1.43 bits per heavy atom. The lowest BCUT2D eigenvalue weighted by atomic mass is 9.97. The molecule has 0 saturated carbocycles. The maximum atomic E-state index is 4.23. The summed E-state index contributed by atoms with van der Waals surface area (Å²) in [7, 11) is 0. The van der Waals surface area contributed by atoms with Crippen molar-refractivity contribution in [3.63, 3.8) is 0 Å². The molecular formula is C12H20N2. The van der Waals surface area contributed by atoms with Crippen molar-refractivity contribution in [2.24, 2.45) is 5.92 Å². The van der Waals surface area contributed by atoms with Gasteiger partial charge in [-0.25, -0.2) is 0 Å². The number of rotatable bonds is 5. The first-order chi connectivity index (χ1) is 6.61. The predicted octanol–water partition coefficient (Wildman–Crippen LogP) is 3.44. The number of nitrogens with zero attached hydrogens (tertiary/aromatic N) is 2. The lowest BCUT2D eigenvalue weighted by Crippen LogP contribution is -2.07. The second-order valence-electron chi connectivity index (χ2n) is 4.16. The number of hydrogen-bond acceptors (Lipinski definition) is 1. The summed E-state index contributed by atoms with van der Waals surface area (Å²) >= 11 is 0. The Hall–Kier alpha value is -1.05. The molecule has 2 heteroatoms. The fraction of sp³-hybridized carbons (Fsp3) is 0.583. The van der Waals surface area contributed by atoms with Crippen molar-refractivity contribution in [3.8, 4) is 0 Å². The maximum Gasteiger partial charge on any atom is 0.0491 e. The Balaban J connectivity index is 2.35. The van der Waals surface area contributed by atoms with Gasteiger partial charge in [-0.2, -0.15) is 5.10 Å². The van der Waals surface area contributed by atoms with Crippen LogP contribution < -0.4 is 0 Å². The van der Waals surface area contributed by atoms with Gasteiger partial charge in [0.05, 0.1) is 0 Å². The largest absolute Gasteiger partial charge is 0.270 e. The van der Waals surface area contributed by atoms with Crippen molar-refractivity contribution in [2.45, 2.75) is 39.7 Å². The van der Waals surface area contributed by atoms with Gasteiger partial charge < -0.3 is 0 Å². The van der Waals surface area contributed by atoms with Crippen molar-refractivity contribution < 1.29 is 0 Å². The molecule has 0 fully saturated rings. The van der Waals surface area contributed by atoms with Crippen LogP contribution in [0.1, 0.15) is 39.7 Å². The summed E-state index contributed by atoms with van der Waals surface area (Å²) in [5, 5.41) is 4.23. The summed E-state index contributed by atoms with van der Waals surface area (Å²) in [4.78, 5) is 0. The van der Waals surface area contributed by atoms with E-state index in [1.165, 1.54) is 12.0 Å². The third-order valence-electron chi connectivity index (χ3n) is 2.84. The van der Waals surface area contributed by atoms with Crippen LogP contribution in [0.25, 0.3) is 0 Å². The Morgan fingerprint density at radius 3 is 2.64 bits per heavy atom. The minimum Gasteiger partial charge on any atom is -0.270 e. The molecule has 78 valence electrons. The molecule has 2 nitrogen and oxygen atoms in total. The van der Waals surface area contributed by atoms with Gasteiger partial charge in [-0.15, -0.1) is 0 Å². The van der Waals surface area contributed by atoms with Crippen LogP contribution in [0.15, 0.2) is 30.6 Å². The fourth-order valence-corrected chi connectivity index (χ4v) is 1.41. The summed E-state index contributed by atoms with van der Waals surface area (Å²) < 4.78 is 2.02. The highest BCUT2D eigenvalue weighted by Gasteiger charge is 2.08. The standard InChI is InChI=1S/C12H20N2/c1-10(2)11(3)6-7-12(4)14-9-5-8-13-14/h5,8-9,11-12H,1,6-7H2,2-4H3. The van der Waals surface area contributed by atoms with Crippen molar-refractivity contribution in [3.05, 3.63) is 30.6 Å². The van der Waals surface area contributed by atoms with Crippen LogP contribution >= 0.6 is 0 Å². The third kappa shape index (κ3) is 3.02. The van der Waals surface area contributed by atoms with E-state index in [0.717, 1.165) is 6.42 Å². The van der Waals surface area contributed by atoms with E-state index in [1.807, 2.05) is 23.1 Å². The quantitative estimate of drug-likeness (QED) is 0.653. The van der Waals surface area contributed by atoms with Gasteiger partial charge in [-0.1, -0.05) is 19.1 Å². The van der Waals surface area contributed by atoms with E-state index in [2.05, 4.69) is 32.4 Å². The van der Waals surface area contributed by atoms with Gasteiger partial charge in [0.1, 0.15) is 0 Å². The zero-order chi connectivity index (χ0) is 10.6. The molecule has 0 N–H and O–H groups in total. The average molecular weight is 192 g/mol. The highest BCUT2D eigenvalue weighted by atomic mass is 15.3. The highest BCUT2D eigenvalue weighted by molar-refractivity contribution is 4.93. The second kappa shape index (κ2) is 4.99. The molecule has 1 rings (SSSR count). The average Bonchev–Trinajstić information content (AvgIpc) is 2.66. The summed E-state index contributed by atoms with van der Waals surface area (Å²) in [6, 6.07) is 2.46. The second-order valence-corrected chi connectivity index (χ2v) is 4.16. The van der Waals surface area contributed by atoms with Crippen LogP contribution in [0.3, 0.4) is 0 Å². The number of allylic oxidation sites excluding steroid dienone is 1. The van der Waals surface area contributed by atoms with Gasteiger partial charge in [0, 0.05) is 18.4 Å². The SMILES string of the molecule is C=C(C)C(C)CCC(C)n1cccn1. The first-order valence-electron chi connectivity index (χ1n) is 5.25. The number of hydrogen-bond donors (Lipinski definition) is 0. The molecule has 0 amide bonds. The molecule has 2 atom stereocenters. The molecule has 0 radical (unpaired) electrons. The van der Waals surface area contributed by atoms with Crippen molar-refractivity contribution in [1.29, 1.82) is 0 Å². The van der Waals surface area contributed by atoms with Gasteiger partial charge in [0.25, 0.3) is 0 Å². The molecule has 0 bridgehead atoms. The Morgan fingerprint density at radius 2 is 2.14 bits per heavy atom. The summed E-state index contributed by atoms with van der Waals surface area (Å²) in [6.45, 7) is 10.5. The monoisotopic (exact) mass is 192 g/mol. The van der Waals surface area contributed by atoms with Crippen LogP contribution in [0, 0.1) is 5.92 Å². The molecule has 14 heavy (non-hydrogen) atoms. The molecule has 0 saturated heterocycles. The van der Waals surface area contributed by atoms with E-state index in [4.69, 9.17) is 0 Å². The van der Waals surface area contributed by atoms with E-state index in [1.54, 1.807) is 0 Å². The fourth-order valence-electron chi connectivity index (χ4n) is 1.41. The Bertz CT molecular complexity index is 275. The Kier molecular flexibility index (Phi) is 3.93. The molecule has 0 aliphatic heterocycles. The zero-order valence-corrected chi connectivity index (χ0v) is 9.40. The van der Waals surface area contributed by atoms with Gasteiger partial charge in [0.15, 0.2) is 0 Å². The lowest BCUT2D eigenvalue weighted by molar-refractivity contribution is 0.418. The van der Waals surface area contributed by atoms with Gasteiger partial charge in [-0.05, 0) is 38.7 Å². The van der Waals surface area contributed by atoms with Crippen LogP contribution in [0.5, 0.6) is 0 Å². The molecule has 2 unspecified atom stereocenters. The molecule has 0 aromatic carbocycles. The third-order valence-corrected chi connectivity index (χ3v) is 2.84. The van der Waals surface area contributed by atoms with Crippen LogP contribution in [-0.2, 0) is 0 Å². The van der Waals surface area contributed by atoms with Gasteiger partial charge >= 0.3 is 0 Å². The molecule has 1 aromatic rings. The van der Waals surface area contributed by atoms with E-state index < -0.39 is 0 Å². The van der Waals surface area contributed by atoms with Crippen molar-refractivity contribution in [1.82, 2.24) is 9.78 Å². The molecular weight excluding hydrogens is 172 g/mol. The zero-order valence-electron chi connectivity index (χ0n) is 9.40. The topological polar surface area (TPSA) is 17.8 Å². The molecule has 1 aromatic heterocycles. The van der Waals surface area contributed by atoms with Crippen molar-refractivity contribution >= 4 is 0 Å². The first-order valence-corrected chi connectivity index (χ1v) is 5.25. The van der Waals surface area contributed by atoms with Crippen LogP contribution in [-0.4, -0.2) is 9.78 Å². The van der Waals surface area contributed by atoms with Gasteiger partial charge in [-0.3, -0.25) is 4.68 Å². The van der Waals surface area contributed by atoms with E-state index in [0.29, 0.717) is 12.0 Å². The van der Waals surface area contributed by atoms with Gasteiger partial charge in [0.2, 0.25) is 0 Å². The predicted molar refractivity (Wildman–Crippen MR) is 60.2 cm³/mol. The van der Waals surface area contributed by atoms with Crippen molar-refractivity contribution in [2.75, 3.05) is 0 Å². The summed E-state index contributed by atoms with van der Waals surface area (Å²) in [5.74, 6) is 0.619. The van der Waals surface area contributed by atoms with Crippen LogP contribution in [0.4, 0.5) is 0 Å².